The Morgan fingerprint density at radius 2 is 2.00 bits per heavy atom. The van der Waals surface area contributed by atoms with Crippen LogP contribution in [0.25, 0.3) is 10.9 Å². The van der Waals surface area contributed by atoms with Gasteiger partial charge in [-0.3, -0.25) is 4.79 Å². The maximum absolute atomic E-state index is 12.3. The molecule has 0 atom stereocenters. The molecular formula is C19H18ClN3O3. The van der Waals surface area contributed by atoms with E-state index in [-0.39, 0.29) is 17.9 Å². The first-order valence-electron chi connectivity index (χ1n) is 8.30. The third kappa shape index (κ3) is 3.60. The van der Waals surface area contributed by atoms with E-state index >= 15 is 0 Å². The maximum Gasteiger partial charge on any atom is 0.359 e. The summed E-state index contributed by atoms with van der Waals surface area (Å²) in [7, 11) is 0. The lowest BCUT2D eigenvalue weighted by atomic mass is 10.1. The second kappa shape index (κ2) is 7.66. The van der Waals surface area contributed by atoms with Crippen LogP contribution in [0.1, 0.15) is 35.1 Å². The monoisotopic (exact) mass is 371 g/mol. The van der Waals surface area contributed by atoms with Gasteiger partial charge in [0.15, 0.2) is 5.69 Å². The van der Waals surface area contributed by atoms with E-state index in [1.807, 2.05) is 38.1 Å². The van der Waals surface area contributed by atoms with Gasteiger partial charge in [-0.25, -0.2) is 14.5 Å². The molecule has 0 radical (unpaired) electrons. The Morgan fingerprint density at radius 1 is 1.23 bits per heavy atom. The Hall–Kier alpha value is -2.73. The summed E-state index contributed by atoms with van der Waals surface area (Å²) in [5.74, 6) is -0.626. The number of carbonyl (C=O) groups excluding carboxylic acids is 1. The molecule has 0 aliphatic heterocycles. The number of halogens is 1. The number of rotatable bonds is 5. The molecule has 26 heavy (non-hydrogen) atoms. The second-order valence-corrected chi connectivity index (χ2v) is 6.25. The van der Waals surface area contributed by atoms with Crippen LogP contribution in [-0.2, 0) is 17.9 Å². The summed E-state index contributed by atoms with van der Waals surface area (Å²) in [4.78, 5) is 28.4. The highest BCUT2D eigenvalue weighted by Gasteiger charge is 2.15. The minimum atomic E-state index is -0.626. The third-order valence-corrected chi connectivity index (χ3v) is 4.50. The van der Waals surface area contributed by atoms with Crippen LogP contribution in [0.5, 0.6) is 0 Å². The average molecular weight is 372 g/mol. The number of hydrogen-bond donors (Lipinski definition) is 0. The number of para-hydroxylation sites is 1. The number of nitrogens with zero attached hydrogens (tertiary/aromatic N) is 3. The van der Waals surface area contributed by atoms with Crippen molar-refractivity contribution < 1.29 is 9.53 Å². The number of carbonyl (C=O) groups is 1. The number of fused-ring (bicyclic) bond motifs is 1. The highest BCUT2D eigenvalue weighted by molar-refractivity contribution is 6.32. The van der Waals surface area contributed by atoms with E-state index in [4.69, 9.17) is 16.3 Å². The molecule has 6 nitrogen and oxygen atoms in total. The fourth-order valence-electron chi connectivity index (χ4n) is 2.65. The van der Waals surface area contributed by atoms with E-state index in [0.717, 1.165) is 22.9 Å². The predicted molar refractivity (Wildman–Crippen MR) is 99.4 cm³/mol. The lowest BCUT2D eigenvalue weighted by Gasteiger charge is -2.11. The molecule has 0 amide bonds. The second-order valence-electron chi connectivity index (χ2n) is 5.87. The molecule has 0 aliphatic rings. The molecule has 0 spiro atoms. The van der Waals surface area contributed by atoms with Crippen molar-refractivity contribution in [3.05, 3.63) is 68.7 Å². The molecular weight excluding hydrogens is 354 g/mol. The quantitative estimate of drug-likeness (QED) is 0.641. The molecule has 134 valence electrons. The van der Waals surface area contributed by atoms with Crippen molar-refractivity contribution >= 4 is 28.5 Å². The Bertz CT molecular complexity index is 1030. The van der Waals surface area contributed by atoms with Crippen LogP contribution in [0.4, 0.5) is 0 Å². The Balaban J connectivity index is 1.82. The SMILES string of the molecule is CCCn1nc(C(=O)OCc2nc3ccccc3c(C)c2Cl)ccc1=O. The van der Waals surface area contributed by atoms with Crippen molar-refractivity contribution in [3.8, 4) is 0 Å². The molecule has 0 saturated heterocycles. The van der Waals surface area contributed by atoms with Crippen molar-refractivity contribution in [3.63, 3.8) is 0 Å². The number of benzene rings is 1. The minimum absolute atomic E-state index is 0.0715. The highest BCUT2D eigenvalue weighted by atomic mass is 35.5. The van der Waals surface area contributed by atoms with E-state index < -0.39 is 5.97 Å². The van der Waals surface area contributed by atoms with Crippen molar-refractivity contribution in [2.45, 2.75) is 33.4 Å². The van der Waals surface area contributed by atoms with E-state index in [9.17, 15) is 9.59 Å². The predicted octanol–water partition coefficient (Wildman–Crippen LogP) is 3.52. The number of esters is 1. The molecule has 3 rings (SSSR count). The molecule has 0 N–H and O–H groups in total. The zero-order chi connectivity index (χ0) is 18.7. The van der Waals surface area contributed by atoms with Gasteiger partial charge in [-0.2, -0.15) is 5.10 Å². The van der Waals surface area contributed by atoms with Gasteiger partial charge in [0.1, 0.15) is 6.61 Å². The molecule has 2 heterocycles. The first-order valence-corrected chi connectivity index (χ1v) is 8.68. The Morgan fingerprint density at radius 3 is 2.77 bits per heavy atom. The summed E-state index contributed by atoms with van der Waals surface area (Å²) < 4.78 is 6.56. The van der Waals surface area contributed by atoms with Gasteiger partial charge in [0, 0.05) is 18.0 Å². The number of aryl methyl sites for hydroxylation is 2. The molecule has 0 unspecified atom stereocenters. The summed E-state index contributed by atoms with van der Waals surface area (Å²) in [6.07, 6.45) is 0.737. The molecule has 3 aromatic rings. The van der Waals surface area contributed by atoms with Gasteiger partial charge in [0.25, 0.3) is 5.56 Å². The number of hydrogen-bond acceptors (Lipinski definition) is 5. The van der Waals surface area contributed by atoms with Gasteiger partial charge in [-0.1, -0.05) is 36.7 Å². The zero-order valence-electron chi connectivity index (χ0n) is 14.5. The van der Waals surface area contributed by atoms with Crippen LogP contribution < -0.4 is 5.56 Å². The van der Waals surface area contributed by atoms with Crippen molar-refractivity contribution in [2.75, 3.05) is 0 Å². The van der Waals surface area contributed by atoms with E-state index in [1.54, 1.807) is 0 Å². The van der Waals surface area contributed by atoms with Crippen molar-refractivity contribution in [1.29, 1.82) is 0 Å². The molecule has 0 aliphatic carbocycles. The maximum atomic E-state index is 12.3. The molecule has 0 saturated carbocycles. The number of pyridine rings is 1. The third-order valence-electron chi connectivity index (χ3n) is 4.00. The van der Waals surface area contributed by atoms with E-state index in [1.165, 1.54) is 16.8 Å². The van der Waals surface area contributed by atoms with Crippen LogP contribution in [0.3, 0.4) is 0 Å². The number of aromatic nitrogens is 3. The van der Waals surface area contributed by atoms with Gasteiger partial charge in [-0.15, -0.1) is 0 Å². The van der Waals surface area contributed by atoms with E-state index in [0.29, 0.717) is 17.3 Å². The van der Waals surface area contributed by atoms with Crippen LogP contribution in [-0.4, -0.2) is 20.7 Å². The Kier molecular flexibility index (Phi) is 5.32. The summed E-state index contributed by atoms with van der Waals surface area (Å²) in [6, 6.07) is 10.3. The van der Waals surface area contributed by atoms with E-state index in [2.05, 4.69) is 10.1 Å². The molecule has 1 aromatic carbocycles. The van der Waals surface area contributed by atoms with Crippen molar-refractivity contribution in [1.82, 2.24) is 14.8 Å². The average Bonchev–Trinajstić information content (AvgIpc) is 2.65. The molecule has 0 fully saturated rings. The molecule has 0 bridgehead atoms. The van der Waals surface area contributed by atoms with Crippen LogP contribution in [0.15, 0.2) is 41.2 Å². The Labute approximate surface area is 155 Å². The summed E-state index contributed by atoms with van der Waals surface area (Å²) in [5.41, 5.74) is 1.98. The zero-order valence-corrected chi connectivity index (χ0v) is 15.3. The fraction of sp³-hybridized carbons (Fsp3) is 0.263. The van der Waals surface area contributed by atoms with Crippen molar-refractivity contribution in [2.24, 2.45) is 0 Å². The molecule has 7 heteroatoms. The van der Waals surface area contributed by atoms with Crippen LogP contribution in [0, 0.1) is 6.92 Å². The smallest absolute Gasteiger partial charge is 0.359 e. The lowest BCUT2D eigenvalue weighted by molar-refractivity contribution is 0.0458. The van der Waals surface area contributed by atoms with Gasteiger partial charge >= 0.3 is 5.97 Å². The van der Waals surface area contributed by atoms with Gasteiger partial charge < -0.3 is 4.74 Å². The fourth-order valence-corrected chi connectivity index (χ4v) is 2.85. The lowest BCUT2D eigenvalue weighted by Crippen LogP contribution is -2.24. The van der Waals surface area contributed by atoms with Crippen LogP contribution >= 0.6 is 11.6 Å². The van der Waals surface area contributed by atoms with Gasteiger partial charge in [0.05, 0.1) is 16.2 Å². The van der Waals surface area contributed by atoms with Gasteiger partial charge in [-0.05, 0) is 31.0 Å². The topological polar surface area (TPSA) is 74.1 Å². The summed E-state index contributed by atoms with van der Waals surface area (Å²) in [5, 5.41) is 5.47. The first-order chi connectivity index (χ1) is 12.5. The molecule has 2 aromatic heterocycles. The first kappa shape index (κ1) is 18.1. The standard InChI is InChI=1S/C19H18ClN3O3/c1-3-10-23-17(24)9-8-15(22-23)19(25)26-11-16-18(20)12(2)13-6-4-5-7-14(13)21-16/h4-9H,3,10-11H2,1-2H3. The summed E-state index contributed by atoms with van der Waals surface area (Å²) >= 11 is 6.37. The minimum Gasteiger partial charge on any atom is -0.454 e. The largest absolute Gasteiger partial charge is 0.454 e. The summed E-state index contributed by atoms with van der Waals surface area (Å²) in [6.45, 7) is 4.20. The highest BCUT2D eigenvalue weighted by Crippen LogP contribution is 2.27. The number of ether oxygens (including phenoxy) is 1. The normalized spacial score (nSPS) is 10.9. The van der Waals surface area contributed by atoms with Crippen LogP contribution in [0.2, 0.25) is 5.02 Å². The van der Waals surface area contributed by atoms with Gasteiger partial charge in [0.2, 0.25) is 0 Å².